The van der Waals surface area contributed by atoms with E-state index in [4.69, 9.17) is 0 Å². The smallest absolute Gasteiger partial charge is 0.387 e. The molecule has 0 saturated carbocycles. The molecule has 0 aliphatic heterocycles. The van der Waals surface area contributed by atoms with E-state index in [1.165, 1.54) is 30.3 Å². The van der Waals surface area contributed by atoms with E-state index in [9.17, 15) is 22.8 Å². The SMILES string of the molecule is COC(=O)c1ccc(F)c(NC(=O)c2ccccc2OC(F)F)c1. The summed E-state index contributed by atoms with van der Waals surface area (Å²) in [5.74, 6) is -2.74. The number of para-hydroxylation sites is 1. The minimum absolute atomic E-state index is 0.0197. The number of rotatable bonds is 5. The van der Waals surface area contributed by atoms with Gasteiger partial charge in [0.25, 0.3) is 5.91 Å². The number of halogens is 3. The van der Waals surface area contributed by atoms with Gasteiger partial charge in [-0.25, -0.2) is 9.18 Å². The molecule has 0 spiro atoms. The van der Waals surface area contributed by atoms with Gasteiger partial charge in [0.05, 0.1) is 23.9 Å². The summed E-state index contributed by atoms with van der Waals surface area (Å²) in [6, 6.07) is 8.52. The number of methoxy groups -OCH3 is 1. The van der Waals surface area contributed by atoms with Crippen molar-refractivity contribution in [2.45, 2.75) is 6.61 Å². The highest BCUT2D eigenvalue weighted by Gasteiger charge is 2.18. The molecule has 0 bridgehead atoms. The minimum Gasteiger partial charge on any atom is -0.465 e. The molecule has 0 fully saturated rings. The number of hydrogen-bond acceptors (Lipinski definition) is 4. The van der Waals surface area contributed by atoms with Crippen molar-refractivity contribution in [3.05, 3.63) is 59.4 Å². The van der Waals surface area contributed by atoms with Gasteiger partial charge in [-0.15, -0.1) is 0 Å². The Morgan fingerprint density at radius 3 is 2.50 bits per heavy atom. The number of alkyl halides is 2. The highest BCUT2D eigenvalue weighted by atomic mass is 19.3. The predicted octanol–water partition coefficient (Wildman–Crippen LogP) is 3.47. The average Bonchev–Trinajstić information content (AvgIpc) is 2.56. The number of nitrogens with one attached hydrogen (secondary N) is 1. The van der Waals surface area contributed by atoms with Crippen molar-refractivity contribution < 1.29 is 32.2 Å². The lowest BCUT2D eigenvalue weighted by Gasteiger charge is -2.12. The van der Waals surface area contributed by atoms with Crippen molar-refractivity contribution in [1.29, 1.82) is 0 Å². The fraction of sp³-hybridized carbons (Fsp3) is 0.125. The van der Waals surface area contributed by atoms with Crippen LogP contribution in [0.1, 0.15) is 20.7 Å². The molecule has 1 N–H and O–H groups in total. The first-order valence-electron chi connectivity index (χ1n) is 6.65. The molecule has 5 nitrogen and oxygen atoms in total. The monoisotopic (exact) mass is 339 g/mol. The Hall–Kier alpha value is -3.03. The Morgan fingerprint density at radius 2 is 1.83 bits per heavy atom. The molecule has 1 amide bonds. The summed E-state index contributed by atoms with van der Waals surface area (Å²) in [6.45, 7) is -3.11. The Balaban J connectivity index is 2.29. The Labute approximate surface area is 135 Å². The van der Waals surface area contributed by atoms with Crippen LogP contribution in [-0.4, -0.2) is 25.6 Å². The van der Waals surface area contributed by atoms with Gasteiger partial charge in [0, 0.05) is 0 Å². The van der Waals surface area contributed by atoms with E-state index in [0.717, 1.165) is 19.2 Å². The van der Waals surface area contributed by atoms with Gasteiger partial charge < -0.3 is 14.8 Å². The van der Waals surface area contributed by atoms with Crippen molar-refractivity contribution in [2.75, 3.05) is 12.4 Å². The molecule has 0 aliphatic carbocycles. The molecule has 2 rings (SSSR count). The number of benzene rings is 2. The lowest BCUT2D eigenvalue weighted by molar-refractivity contribution is -0.0501. The number of carbonyl (C=O) groups excluding carboxylic acids is 2. The predicted molar refractivity (Wildman–Crippen MR) is 78.8 cm³/mol. The number of amides is 1. The van der Waals surface area contributed by atoms with Crippen LogP contribution in [0, 0.1) is 5.82 Å². The summed E-state index contributed by atoms with van der Waals surface area (Å²) in [4.78, 5) is 23.6. The maximum absolute atomic E-state index is 13.8. The van der Waals surface area contributed by atoms with Crippen LogP contribution in [0.25, 0.3) is 0 Å². The van der Waals surface area contributed by atoms with Crippen LogP contribution in [0.3, 0.4) is 0 Å². The van der Waals surface area contributed by atoms with Crippen LogP contribution < -0.4 is 10.1 Å². The van der Waals surface area contributed by atoms with E-state index in [1.807, 2.05) is 0 Å². The first kappa shape index (κ1) is 17.3. The minimum atomic E-state index is -3.11. The summed E-state index contributed by atoms with van der Waals surface area (Å²) in [7, 11) is 1.15. The summed E-state index contributed by atoms with van der Waals surface area (Å²) in [5.41, 5.74) is -0.485. The number of ether oxygens (including phenoxy) is 2. The van der Waals surface area contributed by atoms with Gasteiger partial charge in [0.1, 0.15) is 11.6 Å². The maximum atomic E-state index is 13.8. The fourth-order valence-corrected chi connectivity index (χ4v) is 1.91. The molecule has 0 saturated heterocycles. The van der Waals surface area contributed by atoms with E-state index in [2.05, 4.69) is 14.8 Å². The van der Waals surface area contributed by atoms with Crippen LogP contribution in [0.5, 0.6) is 5.75 Å². The third-order valence-corrected chi connectivity index (χ3v) is 2.98. The van der Waals surface area contributed by atoms with E-state index in [0.29, 0.717) is 0 Å². The molecule has 2 aromatic rings. The molecule has 0 aliphatic rings. The molecule has 2 aromatic carbocycles. The first-order chi connectivity index (χ1) is 11.4. The van der Waals surface area contributed by atoms with Crippen molar-refractivity contribution in [1.82, 2.24) is 0 Å². The molecular weight excluding hydrogens is 327 g/mol. The maximum Gasteiger partial charge on any atom is 0.387 e. The van der Waals surface area contributed by atoms with Crippen LogP contribution in [-0.2, 0) is 4.74 Å². The summed E-state index contributed by atoms with van der Waals surface area (Å²) >= 11 is 0. The second kappa shape index (κ2) is 7.49. The molecular formula is C16H12F3NO4. The molecule has 0 unspecified atom stereocenters. The zero-order valence-electron chi connectivity index (χ0n) is 12.4. The van der Waals surface area contributed by atoms with Gasteiger partial charge >= 0.3 is 12.6 Å². The van der Waals surface area contributed by atoms with Crippen LogP contribution >= 0.6 is 0 Å². The van der Waals surface area contributed by atoms with Crippen LogP contribution in [0.15, 0.2) is 42.5 Å². The second-order valence-corrected chi connectivity index (χ2v) is 4.51. The van der Waals surface area contributed by atoms with Crippen LogP contribution in [0.2, 0.25) is 0 Å². The van der Waals surface area contributed by atoms with E-state index < -0.39 is 24.3 Å². The largest absolute Gasteiger partial charge is 0.465 e. The van der Waals surface area contributed by atoms with Crippen molar-refractivity contribution in [3.8, 4) is 5.75 Å². The number of carbonyl (C=O) groups is 2. The molecule has 0 aromatic heterocycles. The number of anilines is 1. The third-order valence-electron chi connectivity index (χ3n) is 2.98. The summed E-state index contributed by atoms with van der Waals surface area (Å²) < 4.78 is 47.3. The van der Waals surface area contributed by atoms with Crippen molar-refractivity contribution in [2.24, 2.45) is 0 Å². The first-order valence-corrected chi connectivity index (χ1v) is 6.65. The van der Waals surface area contributed by atoms with Gasteiger partial charge in [-0.2, -0.15) is 8.78 Å². The van der Waals surface area contributed by atoms with Gasteiger partial charge in [0.2, 0.25) is 0 Å². The van der Waals surface area contributed by atoms with E-state index in [-0.39, 0.29) is 22.6 Å². The lowest BCUT2D eigenvalue weighted by Crippen LogP contribution is -2.16. The van der Waals surface area contributed by atoms with Gasteiger partial charge in [-0.1, -0.05) is 12.1 Å². The highest BCUT2D eigenvalue weighted by molar-refractivity contribution is 6.06. The average molecular weight is 339 g/mol. The second-order valence-electron chi connectivity index (χ2n) is 4.51. The third kappa shape index (κ3) is 4.03. The van der Waals surface area contributed by atoms with Gasteiger partial charge in [-0.05, 0) is 30.3 Å². The lowest BCUT2D eigenvalue weighted by atomic mass is 10.1. The zero-order valence-corrected chi connectivity index (χ0v) is 12.4. The molecule has 126 valence electrons. The molecule has 8 heteroatoms. The Bertz CT molecular complexity index is 765. The van der Waals surface area contributed by atoms with E-state index >= 15 is 0 Å². The Kier molecular flexibility index (Phi) is 5.41. The summed E-state index contributed by atoms with van der Waals surface area (Å²) in [6.07, 6.45) is 0. The molecule has 0 heterocycles. The topological polar surface area (TPSA) is 64.6 Å². The number of esters is 1. The number of hydrogen-bond donors (Lipinski definition) is 1. The summed E-state index contributed by atoms with van der Waals surface area (Å²) in [5, 5.41) is 2.21. The highest BCUT2D eigenvalue weighted by Crippen LogP contribution is 2.23. The normalized spacial score (nSPS) is 10.4. The van der Waals surface area contributed by atoms with Gasteiger partial charge in [-0.3, -0.25) is 4.79 Å². The van der Waals surface area contributed by atoms with E-state index in [1.54, 1.807) is 0 Å². The Morgan fingerprint density at radius 1 is 1.12 bits per heavy atom. The molecule has 0 radical (unpaired) electrons. The quantitative estimate of drug-likeness (QED) is 0.847. The molecule has 0 atom stereocenters. The van der Waals surface area contributed by atoms with Gasteiger partial charge in [0.15, 0.2) is 0 Å². The fourth-order valence-electron chi connectivity index (χ4n) is 1.91. The van der Waals surface area contributed by atoms with Crippen molar-refractivity contribution >= 4 is 17.6 Å². The molecule has 24 heavy (non-hydrogen) atoms. The van der Waals surface area contributed by atoms with Crippen molar-refractivity contribution in [3.63, 3.8) is 0 Å². The zero-order chi connectivity index (χ0) is 17.7. The standard InChI is InChI=1S/C16H12F3NO4/c1-23-15(22)9-6-7-11(17)12(8-9)20-14(21)10-4-2-3-5-13(10)24-16(18)19/h2-8,16H,1H3,(H,20,21). The van der Waals surface area contributed by atoms with Crippen LogP contribution in [0.4, 0.5) is 18.9 Å².